The molecule has 1 aliphatic heterocycles. The van der Waals surface area contributed by atoms with E-state index in [1.54, 1.807) is 17.0 Å². The molecule has 4 aliphatic rings. The first-order chi connectivity index (χ1) is 10.2. The summed E-state index contributed by atoms with van der Waals surface area (Å²) >= 11 is 0. The smallest absolute Gasteiger partial charge is 0.261 e. The second kappa shape index (κ2) is 3.96. The number of hydrogen-bond donors (Lipinski definition) is 0. The minimum atomic E-state index is -0.0506. The molecule has 0 radical (unpaired) electrons. The summed E-state index contributed by atoms with van der Waals surface area (Å²) in [5.41, 5.74) is 1.21. The van der Waals surface area contributed by atoms with Gasteiger partial charge < -0.3 is 0 Å². The molecule has 0 N–H and O–H groups in total. The molecule has 21 heavy (non-hydrogen) atoms. The highest BCUT2D eigenvalue weighted by atomic mass is 16.2. The van der Waals surface area contributed by atoms with Crippen LogP contribution in [0.1, 0.15) is 52.8 Å². The summed E-state index contributed by atoms with van der Waals surface area (Å²) in [4.78, 5) is 27.1. The average molecular weight is 281 g/mol. The Kier molecular flexibility index (Phi) is 2.26. The fraction of sp³-hybridized carbons (Fsp3) is 0.556. The van der Waals surface area contributed by atoms with Gasteiger partial charge in [-0.25, -0.2) is 0 Å². The predicted octanol–water partition coefficient (Wildman–Crippen LogP) is 3.11. The van der Waals surface area contributed by atoms with E-state index >= 15 is 0 Å². The molecule has 0 spiro atoms. The Balaban J connectivity index is 1.55. The number of fused-ring (bicyclic) bond motifs is 3. The molecular formula is C18H19NO2. The molecule has 2 amide bonds. The number of hydrogen-bond acceptors (Lipinski definition) is 2. The van der Waals surface area contributed by atoms with Gasteiger partial charge in [0.2, 0.25) is 0 Å². The summed E-state index contributed by atoms with van der Waals surface area (Å²) < 4.78 is 0. The zero-order valence-electron chi connectivity index (χ0n) is 12.0. The van der Waals surface area contributed by atoms with Crippen molar-refractivity contribution in [1.82, 2.24) is 4.90 Å². The highest BCUT2D eigenvalue weighted by Crippen LogP contribution is 2.56. The molecular weight excluding hydrogens is 262 g/mol. The normalized spacial score (nSPS) is 40.0. The van der Waals surface area contributed by atoms with Gasteiger partial charge >= 0.3 is 0 Å². The van der Waals surface area contributed by atoms with Gasteiger partial charge in [0, 0.05) is 6.04 Å². The Hall–Kier alpha value is -1.64. The molecule has 1 aromatic carbocycles. The lowest BCUT2D eigenvalue weighted by atomic mass is 9.69. The van der Waals surface area contributed by atoms with Gasteiger partial charge in [-0.05, 0) is 67.9 Å². The molecule has 3 saturated carbocycles. The summed E-state index contributed by atoms with van der Waals surface area (Å²) in [7, 11) is 0. The zero-order chi connectivity index (χ0) is 14.1. The van der Waals surface area contributed by atoms with Crippen molar-refractivity contribution in [2.24, 2.45) is 23.7 Å². The predicted molar refractivity (Wildman–Crippen MR) is 77.8 cm³/mol. The van der Waals surface area contributed by atoms with Crippen LogP contribution in [0.5, 0.6) is 0 Å². The topological polar surface area (TPSA) is 37.4 Å². The first-order valence-corrected chi connectivity index (χ1v) is 8.19. The van der Waals surface area contributed by atoms with E-state index < -0.39 is 0 Å². The second-order valence-corrected chi connectivity index (χ2v) is 7.43. The molecule has 5 atom stereocenters. The summed E-state index contributed by atoms with van der Waals surface area (Å²) in [6.45, 7) is 0. The van der Waals surface area contributed by atoms with Crippen molar-refractivity contribution in [1.29, 1.82) is 0 Å². The van der Waals surface area contributed by atoms with Crippen LogP contribution in [0.4, 0.5) is 0 Å². The minimum Gasteiger partial charge on any atom is -0.271 e. The largest absolute Gasteiger partial charge is 0.271 e. The van der Waals surface area contributed by atoms with E-state index in [1.165, 1.54) is 25.7 Å². The Morgan fingerprint density at radius 2 is 1.43 bits per heavy atom. The number of carbonyl (C=O) groups is 2. The van der Waals surface area contributed by atoms with Crippen LogP contribution in [0.2, 0.25) is 0 Å². The molecule has 1 heterocycles. The van der Waals surface area contributed by atoms with Crippen molar-refractivity contribution in [3.8, 4) is 0 Å². The third kappa shape index (κ3) is 1.49. The fourth-order valence-electron chi connectivity index (χ4n) is 5.72. The number of carbonyl (C=O) groups excluding carboxylic acids is 2. The third-order valence-electron chi connectivity index (χ3n) is 6.38. The summed E-state index contributed by atoms with van der Waals surface area (Å²) in [5, 5.41) is 0. The van der Waals surface area contributed by atoms with Gasteiger partial charge in [0.15, 0.2) is 0 Å². The standard InChI is InChI=1S/C18H19NO2/c20-17-13-3-1-2-4-14(13)18(21)19(17)16-9-11-5-10-6-12(7-11)15(16)8-10/h1-4,10-12,15-16H,5-9H2/t10?,11?,12?,15?,16-/m0/s1. The molecule has 3 aliphatic carbocycles. The van der Waals surface area contributed by atoms with Gasteiger partial charge in [0.05, 0.1) is 11.1 Å². The Morgan fingerprint density at radius 1 is 0.810 bits per heavy atom. The maximum Gasteiger partial charge on any atom is 0.261 e. The van der Waals surface area contributed by atoms with Crippen LogP contribution in [-0.2, 0) is 0 Å². The Bertz CT molecular complexity index is 615. The van der Waals surface area contributed by atoms with E-state index in [4.69, 9.17) is 0 Å². The molecule has 3 heteroatoms. The molecule has 5 rings (SSSR count). The average Bonchev–Trinajstić information content (AvgIpc) is 2.87. The van der Waals surface area contributed by atoms with E-state index in [-0.39, 0.29) is 17.9 Å². The zero-order valence-corrected chi connectivity index (χ0v) is 12.0. The van der Waals surface area contributed by atoms with Crippen LogP contribution in [0, 0.1) is 23.7 Å². The van der Waals surface area contributed by atoms with Crippen molar-refractivity contribution in [3.05, 3.63) is 35.4 Å². The number of nitrogens with zero attached hydrogens (tertiary/aromatic N) is 1. The molecule has 3 nitrogen and oxygen atoms in total. The molecule has 0 saturated heterocycles. The highest BCUT2D eigenvalue weighted by Gasteiger charge is 2.53. The lowest BCUT2D eigenvalue weighted by Gasteiger charge is -2.42. The van der Waals surface area contributed by atoms with Crippen LogP contribution in [-0.4, -0.2) is 22.8 Å². The summed E-state index contributed by atoms with van der Waals surface area (Å²) in [6, 6.07) is 7.45. The van der Waals surface area contributed by atoms with Crippen LogP contribution >= 0.6 is 0 Å². The first-order valence-electron chi connectivity index (χ1n) is 8.19. The van der Waals surface area contributed by atoms with Gasteiger partial charge in [-0.2, -0.15) is 0 Å². The van der Waals surface area contributed by atoms with Crippen LogP contribution in [0.3, 0.4) is 0 Å². The second-order valence-electron chi connectivity index (χ2n) is 7.43. The van der Waals surface area contributed by atoms with E-state index in [0.717, 1.165) is 24.2 Å². The number of rotatable bonds is 1. The fourth-order valence-corrected chi connectivity index (χ4v) is 5.72. The minimum absolute atomic E-state index is 0.0506. The number of benzene rings is 1. The summed E-state index contributed by atoms with van der Waals surface area (Å²) in [6.07, 6.45) is 6.27. The molecule has 0 aromatic heterocycles. The van der Waals surface area contributed by atoms with Crippen molar-refractivity contribution in [2.75, 3.05) is 0 Å². The van der Waals surface area contributed by atoms with Crippen LogP contribution in [0.15, 0.2) is 24.3 Å². The van der Waals surface area contributed by atoms with Gasteiger partial charge in [0.1, 0.15) is 0 Å². The van der Waals surface area contributed by atoms with E-state index in [1.807, 2.05) is 12.1 Å². The molecule has 3 bridgehead atoms. The van der Waals surface area contributed by atoms with Gasteiger partial charge in [-0.3, -0.25) is 14.5 Å². The third-order valence-corrected chi connectivity index (χ3v) is 6.38. The molecule has 1 aromatic rings. The summed E-state index contributed by atoms with van der Waals surface area (Å²) in [5.74, 6) is 2.82. The quantitative estimate of drug-likeness (QED) is 0.742. The van der Waals surface area contributed by atoms with Gasteiger partial charge in [-0.15, -0.1) is 0 Å². The van der Waals surface area contributed by atoms with E-state index in [2.05, 4.69) is 0 Å². The van der Waals surface area contributed by atoms with E-state index in [0.29, 0.717) is 17.0 Å². The van der Waals surface area contributed by atoms with Crippen molar-refractivity contribution >= 4 is 11.8 Å². The maximum atomic E-state index is 12.7. The maximum absolute atomic E-state index is 12.7. The Labute approximate surface area is 124 Å². The Morgan fingerprint density at radius 3 is 2.10 bits per heavy atom. The van der Waals surface area contributed by atoms with Crippen molar-refractivity contribution in [2.45, 2.75) is 38.1 Å². The van der Waals surface area contributed by atoms with Crippen molar-refractivity contribution in [3.63, 3.8) is 0 Å². The molecule has 3 fully saturated rings. The number of amides is 2. The monoisotopic (exact) mass is 281 g/mol. The lowest BCUT2D eigenvalue weighted by molar-refractivity contribution is 0.0349. The molecule has 108 valence electrons. The molecule has 4 unspecified atom stereocenters. The van der Waals surface area contributed by atoms with Crippen molar-refractivity contribution < 1.29 is 9.59 Å². The lowest BCUT2D eigenvalue weighted by Crippen LogP contribution is -2.48. The first kappa shape index (κ1) is 12.0. The SMILES string of the molecule is O=C1c2ccccc2C(=O)N1[C@H]1CC2CC3CC(C2)C1C3. The van der Waals surface area contributed by atoms with Gasteiger partial charge in [0.25, 0.3) is 11.8 Å². The van der Waals surface area contributed by atoms with Crippen LogP contribution < -0.4 is 0 Å². The van der Waals surface area contributed by atoms with Gasteiger partial charge in [-0.1, -0.05) is 12.1 Å². The van der Waals surface area contributed by atoms with Crippen LogP contribution in [0.25, 0.3) is 0 Å². The van der Waals surface area contributed by atoms with E-state index in [9.17, 15) is 9.59 Å². The number of imide groups is 1. The highest BCUT2D eigenvalue weighted by molar-refractivity contribution is 6.21.